The first kappa shape index (κ1) is 79.7. The Balaban J connectivity index is 1.05. The largest absolute Gasteiger partial charge is 0.478 e. The molecule has 0 saturated carbocycles. The van der Waals surface area contributed by atoms with Crippen LogP contribution in [0.3, 0.4) is 0 Å². The number of carbonyl (C=O) groups excluding carboxylic acids is 3. The minimum absolute atomic E-state index is 0.0712. The first-order valence-electron chi connectivity index (χ1n) is 33.7. The van der Waals surface area contributed by atoms with Crippen molar-refractivity contribution in [1.29, 1.82) is 0 Å². The Morgan fingerprint density at radius 3 is 2.05 bits per heavy atom. The Hall–Kier alpha value is -6.66. The Morgan fingerprint density at radius 1 is 0.768 bits per heavy atom. The molecule has 3 fully saturated rings. The fraction of sp³-hybridized carbons (Fsp3) is 0.623. The van der Waals surface area contributed by atoms with Gasteiger partial charge in [0.25, 0.3) is 11.7 Å². The first-order valence-corrected chi connectivity index (χ1v) is 33.7. The number of carboxylic acids is 2. The number of rotatable bonds is 36. The third-order valence-corrected chi connectivity index (χ3v) is 18.1. The molecule has 30 heteroatoms. The van der Waals surface area contributed by atoms with Gasteiger partial charge in [-0.05, 0) is 54.8 Å². The van der Waals surface area contributed by atoms with Crippen LogP contribution in [0.1, 0.15) is 124 Å². The van der Waals surface area contributed by atoms with Crippen LogP contribution >= 0.6 is 0 Å². The SMILES string of the molecule is CCCCCCCCCCCCC/C=C/[C@@H](O)[C@H](CO[C@@H]1O[C@H](CO)[C@@H](O[C@@H]2O[C@H](CO)[C@H](O)[C@H](O[C@]3(C(=O)O)C[C@H](O)[C@@H](NC(C)=O)[C@H]([C@H](O)[C@H](O)CO)O3)[C@H]2O)[C@H](O)[C@H]1O)NC(=O)CCNC(=O)c1ccc(C(=O)O)c(-c2c3ccc(=[N+](C)C)cc-3oc3cc(N(C)C)ccc23)c1. The lowest BCUT2D eigenvalue weighted by Gasteiger charge is -2.50. The normalized spacial score (nSPS) is 26.9. The van der Waals surface area contributed by atoms with E-state index in [9.17, 15) is 90.4 Å². The number of anilines is 1. The number of aromatic carboxylic acids is 1. The number of benzene rings is 3. The van der Waals surface area contributed by atoms with Crippen LogP contribution in [0.25, 0.3) is 33.4 Å². The number of hydrogen-bond acceptors (Lipinski definition) is 24. The fourth-order valence-electron chi connectivity index (χ4n) is 12.5. The van der Waals surface area contributed by atoms with E-state index in [0.29, 0.717) is 34.3 Å². The van der Waals surface area contributed by atoms with Crippen LogP contribution in [0.4, 0.5) is 5.69 Å². The zero-order valence-corrected chi connectivity index (χ0v) is 56.7. The molecule has 18 atom stereocenters. The summed E-state index contributed by atoms with van der Waals surface area (Å²) in [6.07, 6.45) is -15.1. The number of aliphatic hydroxyl groups is 11. The van der Waals surface area contributed by atoms with Crippen molar-refractivity contribution in [3.63, 3.8) is 0 Å². The zero-order valence-electron chi connectivity index (χ0n) is 56.7. The van der Waals surface area contributed by atoms with E-state index < -0.39 is 172 Å². The van der Waals surface area contributed by atoms with E-state index in [0.717, 1.165) is 50.1 Å². The van der Waals surface area contributed by atoms with Crippen LogP contribution in [-0.2, 0) is 42.8 Å². The molecule has 30 nitrogen and oxygen atoms in total. The smallest absolute Gasteiger partial charge is 0.364 e. The predicted molar refractivity (Wildman–Crippen MR) is 356 cm³/mol. The van der Waals surface area contributed by atoms with E-state index in [1.807, 2.05) is 74.1 Å². The van der Waals surface area contributed by atoms with Crippen molar-refractivity contribution in [2.45, 2.75) is 214 Å². The molecule has 16 N–H and O–H groups in total. The number of nitrogens with one attached hydrogen (secondary N) is 3. The molecule has 3 amide bonds. The van der Waals surface area contributed by atoms with E-state index in [1.165, 1.54) is 62.8 Å². The molecule has 0 bridgehead atoms. The number of aliphatic hydroxyl groups excluding tert-OH is 11. The lowest BCUT2D eigenvalue weighted by molar-refractivity contribution is -0.386. The highest BCUT2D eigenvalue weighted by molar-refractivity contribution is 6.09. The number of aliphatic carboxylic acids is 1. The molecule has 0 aromatic heterocycles. The van der Waals surface area contributed by atoms with Crippen LogP contribution in [0, 0.1) is 0 Å². The van der Waals surface area contributed by atoms with Gasteiger partial charge in [-0.3, -0.25) is 14.4 Å². The number of unbranched alkanes of at least 4 members (excludes halogenated alkanes) is 11. The maximum atomic E-state index is 14.0. The van der Waals surface area contributed by atoms with Gasteiger partial charge in [0.05, 0.1) is 62.3 Å². The summed E-state index contributed by atoms with van der Waals surface area (Å²) in [5, 5.41) is 151. The van der Waals surface area contributed by atoms with E-state index in [2.05, 4.69) is 22.9 Å². The number of fused-ring (bicyclic) bond motifs is 2. The lowest BCUT2D eigenvalue weighted by Crippen LogP contribution is -2.70. The van der Waals surface area contributed by atoms with Gasteiger partial charge < -0.3 is 120 Å². The molecule has 4 aliphatic heterocycles. The second-order valence-corrected chi connectivity index (χ2v) is 25.9. The monoisotopic (exact) mass is 1400 g/mol. The van der Waals surface area contributed by atoms with E-state index in [4.69, 9.17) is 32.8 Å². The molecule has 550 valence electrons. The van der Waals surface area contributed by atoms with E-state index in [1.54, 1.807) is 6.08 Å². The third kappa shape index (κ3) is 20.3. The summed E-state index contributed by atoms with van der Waals surface area (Å²) in [4.78, 5) is 67.9. The predicted octanol–water partition coefficient (Wildman–Crippen LogP) is 0.0380. The molecule has 99 heavy (non-hydrogen) atoms. The van der Waals surface area contributed by atoms with Crippen LogP contribution in [0.5, 0.6) is 0 Å². The van der Waals surface area contributed by atoms with E-state index in [-0.39, 0.29) is 29.7 Å². The first-order chi connectivity index (χ1) is 47.2. The maximum Gasteiger partial charge on any atom is 0.364 e. The van der Waals surface area contributed by atoms with Gasteiger partial charge in [0, 0.05) is 80.3 Å². The number of allylic oxidation sites excluding steroid dienone is 1. The zero-order chi connectivity index (χ0) is 72.4. The summed E-state index contributed by atoms with van der Waals surface area (Å²) in [6.45, 7) is -0.817. The van der Waals surface area contributed by atoms with Crippen molar-refractivity contribution in [3.8, 4) is 22.5 Å². The van der Waals surface area contributed by atoms with Crippen molar-refractivity contribution in [2.75, 3.05) is 66.1 Å². The Labute approximate surface area is 573 Å². The molecule has 4 heterocycles. The van der Waals surface area contributed by atoms with Gasteiger partial charge in [-0.15, -0.1) is 0 Å². The standard InChI is InChI=1S/C69H99N5O25/c1-7-8-9-10-11-12-13-14-15-16-17-18-19-20-46(79)45(72-53(82)27-28-70-64(88)38-21-24-41(65(89)90)44(29-38)54-42-25-22-39(73(3)4)30-49(42)94-50-31-40(74(5)6)23-26-43(50)54)36-93-66-59(86)58(85)61(52(35-77)96-66)97-67-60(87)63(57(84)51(34-76)95-67)99-69(68(91)92)32-47(80)55(71-37(2)78)62(98-69)56(83)48(81)33-75/h19-26,29-31,45-48,51-52,55-63,66-67,75-77,79-81,83-87H,7-18,27-28,32-36H2,1-6H3,(H4-,70,71,72,78,82,88,89,90,91,92)/p+1/b20-19+/t45-,46+,47-,48+,51+,52+,55+,56+,57-,58+,59+,60+,61+,62+,63-,66+,67-,69-/m0/s1. The average Bonchev–Trinajstić information content (AvgIpc) is 0.754. The fourth-order valence-corrected chi connectivity index (χ4v) is 12.5. The minimum Gasteiger partial charge on any atom is -0.478 e. The molecule has 2 aromatic rings. The maximum absolute atomic E-state index is 14.0. The molecule has 0 spiro atoms. The van der Waals surface area contributed by atoms with Gasteiger partial charge in [-0.25, -0.2) is 14.2 Å². The van der Waals surface area contributed by atoms with Crippen molar-refractivity contribution >= 4 is 46.3 Å². The number of carbonyl (C=O) groups is 5. The number of carboxylic acid groups (broad SMARTS) is 2. The second-order valence-electron chi connectivity index (χ2n) is 25.9. The van der Waals surface area contributed by atoms with Crippen molar-refractivity contribution in [2.24, 2.45) is 0 Å². The molecule has 7 rings (SSSR count). The van der Waals surface area contributed by atoms with Crippen LogP contribution < -0.4 is 30.8 Å². The lowest BCUT2D eigenvalue weighted by atomic mass is 9.88. The summed E-state index contributed by atoms with van der Waals surface area (Å²) >= 11 is 0. The molecular weight excluding hydrogens is 1300 g/mol. The molecule has 2 aromatic carbocycles. The van der Waals surface area contributed by atoms with Crippen LogP contribution in [0.15, 0.2) is 71.2 Å². The van der Waals surface area contributed by atoms with Crippen LogP contribution in [-0.4, -0.2) is 267 Å². The van der Waals surface area contributed by atoms with Crippen molar-refractivity contribution in [1.82, 2.24) is 20.5 Å². The Morgan fingerprint density at radius 2 is 1.43 bits per heavy atom. The number of ether oxygens (including phenoxy) is 6. The number of amides is 3. The average molecular weight is 1400 g/mol. The second kappa shape index (κ2) is 37.3. The van der Waals surface area contributed by atoms with E-state index >= 15 is 0 Å². The molecule has 3 saturated heterocycles. The molecule has 1 aliphatic carbocycles. The Kier molecular flexibility index (Phi) is 30.0. The Bertz CT molecular complexity index is 3380. The molecule has 0 unspecified atom stereocenters. The van der Waals surface area contributed by atoms with Crippen LogP contribution in [0.2, 0.25) is 0 Å². The minimum atomic E-state index is -3.14. The number of nitrogens with zero attached hydrogens (tertiary/aromatic N) is 2. The summed E-state index contributed by atoms with van der Waals surface area (Å²) in [5.74, 6) is -8.07. The highest BCUT2D eigenvalue weighted by atomic mass is 16.8. The third-order valence-electron chi connectivity index (χ3n) is 18.1. The van der Waals surface area contributed by atoms with Gasteiger partial charge in [-0.2, -0.15) is 0 Å². The highest BCUT2D eigenvalue weighted by Crippen LogP contribution is 2.43. The van der Waals surface area contributed by atoms with Gasteiger partial charge in [0.15, 0.2) is 12.6 Å². The molecular formula is C69H100N5O25+. The molecule has 5 aliphatic rings. The summed E-state index contributed by atoms with van der Waals surface area (Å²) < 4.78 is 43.1. The van der Waals surface area contributed by atoms with Crippen molar-refractivity contribution < 1.29 is 123 Å². The van der Waals surface area contributed by atoms with Gasteiger partial charge in [0.1, 0.15) is 92.6 Å². The molecule has 0 radical (unpaired) electrons. The summed E-state index contributed by atoms with van der Waals surface area (Å²) in [6, 6.07) is 12.3. The quantitative estimate of drug-likeness (QED) is 0.0124. The van der Waals surface area contributed by atoms with Gasteiger partial charge in [0.2, 0.25) is 17.2 Å². The summed E-state index contributed by atoms with van der Waals surface area (Å²) in [5.41, 5.74) is 2.59. The summed E-state index contributed by atoms with van der Waals surface area (Å²) in [7, 11) is 7.50. The van der Waals surface area contributed by atoms with Gasteiger partial charge >= 0.3 is 11.9 Å². The van der Waals surface area contributed by atoms with Crippen molar-refractivity contribution in [3.05, 3.63) is 83.2 Å². The van der Waals surface area contributed by atoms with Gasteiger partial charge in [-0.1, -0.05) is 83.3 Å². The number of hydrogen-bond donors (Lipinski definition) is 16. The topological polar surface area (TPSA) is 459 Å². The highest BCUT2D eigenvalue weighted by Gasteiger charge is 2.60.